The molecule has 0 amide bonds. The first-order chi connectivity index (χ1) is 7.15. The van der Waals surface area contributed by atoms with Crippen molar-refractivity contribution in [1.29, 1.82) is 0 Å². The van der Waals surface area contributed by atoms with E-state index in [1.165, 1.54) is 0 Å². The van der Waals surface area contributed by atoms with E-state index in [-0.39, 0.29) is 12.2 Å². The lowest BCUT2D eigenvalue weighted by Crippen LogP contribution is -2.50. The molecule has 3 nitrogen and oxygen atoms in total. The van der Waals surface area contributed by atoms with Crippen molar-refractivity contribution in [3.8, 4) is 5.75 Å². The number of ether oxygens (including phenoxy) is 1. The molecule has 0 saturated carbocycles. The minimum absolute atomic E-state index is 0.156. The van der Waals surface area contributed by atoms with Crippen LogP contribution in [0.1, 0.15) is 13.8 Å². The van der Waals surface area contributed by atoms with Crippen LogP contribution in [0.5, 0.6) is 5.75 Å². The molecule has 3 heteroatoms. The van der Waals surface area contributed by atoms with E-state index in [2.05, 4.69) is 4.90 Å². The molecule has 1 heterocycles. The van der Waals surface area contributed by atoms with E-state index in [1.807, 2.05) is 38.1 Å². The highest BCUT2D eigenvalue weighted by Crippen LogP contribution is 2.23. The highest BCUT2D eigenvalue weighted by Gasteiger charge is 2.24. The second-order valence-corrected chi connectivity index (χ2v) is 4.22. The van der Waals surface area contributed by atoms with Crippen LogP contribution in [0.3, 0.4) is 0 Å². The van der Waals surface area contributed by atoms with Gasteiger partial charge >= 0.3 is 0 Å². The quantitative estimate of drug-likeness (QED) is 0.818. The summed E-state index contributed by atoms with van der Waals surface area (Å²) in [5.74, 6) is 0.898. The van der Waals surface area contributed by atoms with Crippen LogP contribution in [0.15, 0.2) is 24.3 Å². The van der Waals surface area contributed by atoms with Gasteiger partial charge in [-0.3, -0.25) is 0 Å². The molecule has 1 aromatic carbocycles. The molecule has 1 aliphatic heterocycles. The lowest BCUT2D eigenvalue weighted by molar-refractivity contribution is 0.142. The van der Waals surface area contributed by atoms with Gasteiger partial charge in [0.05, 0.1) is 12.2 Å². The number of hydrogen-bond acceptors (Lipinski definition) is 3. The lowest BCUT2D eigenvalue weighted by Gasteiger charge is -2.37. The zero-order chi connectivity index (χ0) is 10.8. The summed E-state index contributed by atoms with van der Waals surface area (Å²) in [5.41, 5.74) is 1.15. The molecule has 0 radical (unpaired) electrons. The topological polar surface area (TPSA) is 32.7 Å². The third-order valence-corrected chi connectivity index (χ3v) is 2.44. The van der Waals surface area contributed by atoms with Gasteiger partial charge in [0.25, 0.3) is 0 Å². The van der Waals surface area contributed by atoms with Crippen molar-refractivity contribution in [1.82, 2.24) is 0 Å². The average molecular weight is 207 g/mol. The highest BCUT2D eigenvalue weighted by atomic mass is 16.5. The van der Waals surface area contributed by atoms with Crippen LogP contribution in [0, 0.1) is 0 Å². The van der Waals surface area contributed by atoms with Gasteiger partial charge in [0, 0.05) is 18.8 Å². The van der Waals surface area contributed by atoms with Gasteiger partial charge in [-0.1, -0.05) is 0 Å². The third-order valence-electron chi connectivity index (χ3n) is 2.44. The van der Waals surface area contributed by atoms with E-state index in [9.17, 15) is 5.11 Å². The van der Waals surface area contributed by atoms with Crippen molar-refractivity contribution in [2.24, 2.45) is 0 Å². The summed E-state index contributed by atoms with van der Waals surface area (Å²) in [7, 11) is 0. The maximum absolute atomic E-state index is 9.19. The third kappa shape index (κ3) is 2.42. The second kappa shape index (κ2) is 4.11. The summed E-state index contributed by atoms with van der Waals surface area (Å²) in [6.07, 6.45) is 0.0540. The fraction of sp³-hybridized carbons (Fsp3) is 0.500. The van der Waals surface area contributed by atoms with Crippen molar-refractivity contribution in [3.05, 3.63) is 24.3 Å². The Kier molecular flexibility index (Phi) is 2.82. The Balaban J connectivity index is 1.98. The van der Waals surface area contributed by atoms with Crippen LogP contribution >= 0.6 is 0 Å². The van der Waals surface area contributed by atoms with Crippen LogP contribution in [-0.4, -0.2) is 30.4 Å². The molecule has 0 unspecified atom stereocenters. The number of aliphatic hydroxyl groups excluding tert-OH is 1. The number of benzene rings is 1. The number of anilines is 1. The van der Waals surface area contributed by atoms with Crippen molar-refractivity contribution in [2.45, 2.75) is 26.1 Å². The summed E-state index contributed by atoms with van der Waals surface area (Å²) in [6.45, 7) is 5.51. The molecular formula is C12H17NO2. The van der Waals surface area contributed by atoms with Gasteiger partial charge in [-0.25, -0.2) is 0 Å². The van der Waals surface area contributed by atoms with Crippen molar-refractivity contribution < 1.29 is 9.84 Å². The molecule has 1 fully saturated rings. The highest BCUT2D eigenvalue weighted by molar-refractivity contribution is 5.51. The fourth-order valence-corrected chi connectivity index (χ4v) is 1.67. The molecule has 0 atom stereocenters. The van der Waals surface area contributed by atoms with Gasteiger partial charge in [0.1, 0.15) is 5.75 Å². The maximum Gasteiger partial charge on any atom is 0.119 e. The largest absolute Gasteiger partial charge is 0.491 e. The predicted molar refractivity (Wildman–Crippen MR) is 60.4 cm³/mol. The Hall–Kier alpha value is -1.22. The average Bonchev–Trinajstić information content (AvgIpc) is 2.14. The van der Waals surface area contributed by atoms with Crippen LogP contribution in [0.2, 0.25) is 0 Å². The van der Waals surface area contributed by atoms with E-state index < -0.39 is 0 Å². The van der Waals surface area contributed by atoms with E-state index in [4.69, 9.17) is 4.74 Å². The molecule has 2 rings (SSSR count). The standard InChI is InChI=1S/C12H17NO2/c1-9(2)15-12-5-3-10(4-6-12)13-7-11(14)8-13/h3-6,9,11,14H,7-8H2,1-2H3. The van der Waals surface area contributed by atoms with Crippen molar-refractivity contribution in [2.75, 3.05) is 18.0 Å². The predicted octanol–water partition coefficient (Wildman–Crippen LogP) is 1.65. The summed E-state index contributed by atoms with van der Waals surface area (Å²) in [4.78, 5) is 2.14. The normalized spacial score (nSPS) is 16.7. The van der Waals surface area contributed by atoms with E-state index in [0.29, 0.717) is 0 Å². The van der Waals surface area contributed by atoms with Crippen LogP contribution in [0.25, 0.3) is 0 Å². The number of rotatable bonds is 3. The second-order valence-electron chi connectivity index (χ2n) is 4.22. The zero-order valence-electron chi connectivity index (χ0n) is 9.18. The molecule has 1 aliphatic rings. The molecule has 1 N–H and O–H groups in total. The minimum Gasteiger partial charge on any atom is -0.491 e. The Labute approximate surface area is 90.3 Å². The van der Waals surface area contributed by atoms with Gasteiger partial charge in [-0.2, -0.15) is 0 Å². The van der Waals surface area contributed by atoms with Gasteiger partial charge in [0.15, 0.2) is 0 Å². The molecular weight excluding hydrogens is 190 g/mol. The monoisotopic (exact) mass is 207 g/mol. The van der Waals surface area contributed by atoms with Gasteiger partial charge < -0.3 is 14.7 Å². The summed E-state index contributed by atoms with van der Waals surface area (Å²) >= 11 is 0. The zero-order valence-corrected chi connectivity index (χ0v) is 9.18. The Morgan fingerprint density at radius 3 is 2.33 bits per heavy atom. The number of β-amino-alcohol motifs (C(OH)–C–C–N with tert-alkyl or cyclic N) is 1. The van der Waals surface area contributed by atoms with Gasteiger partial charge in [-0.05, 0) is 38.1 Å². The van der Waals surface area contributed by atoms with Crippen molar-refractivity contribution in [3.63, 3.8) is 0 Å². The first kappa shape index (κ1) is 10.3. The maximum atomic E-state index is 9.19. The fourth-order valence-electron chi connectivity index (χ4n) is 1.67. The molecule has 1 saturated heterocycles. The number of nitrogens with zero attached hydrogens (tertiary/aromatic N) is 1. The minimum atomic E-state index is -0.156. The first-order valence-corrected chi connectivity index (χ1v) is 5.35. The van der Waals surface area contributed by atoms with Crippen LogP contribution in [-0.2, 0) is 0 Å². The van der Waals surface area contributed by atoms with Gasteiger partial charge in [-0.15, -0.1) is 0 Å². The van der Waals surface area contributed by atoms with E-state index >= 15 is 0 Å². The molecule has 0 aromatic heterocycles. The Morgan fingerprint density at radius 1 is 1.27 bits per heavy atom. The number of aliphatic hydroxyl groups is 1. The van der Waals surface area contributed by atoms with E-state index in [1.54, 1.807) is 0 Å². The Morgan fingerprint density at radius 2 is 1.87 bits per heavy atom. The first-order valence-electron chi connectivity index (χ1n) is 5.35. The molecule has 82 valence electrons. The summed E-state index contributed by atoms with van der Waals surface area (Å²) in [6, 6.07) is 8.01. The molecule has 15 heavy (non-hydrogen) atoms. The molecule has 0 spiro atoms. The van der Waals surface area contributed by atoms with Crippen LogP contribution < -0.4 is 9.64 Å². The summed E-state index contributed by atoms with van der Waals surface area (Å²) in [5, 5.41) is 9.19. The lowest BCUT2D eigenvalue weighted by atomic mass is 10.1. The smallest absolute Gasteiger partial charge is 0.119 e. The molecule has 0 bridgehead atoms. The Bertz CT molecular complexity index is 315. The van der Waals surface area contributed by atoms with Gasteiger partial charge in [0.2, 0.25) is 0 Å². The molecule has 1 aromatic rings. The number of hydrogen-bond donors (Lipinski definition) is 1. The van der Waals surface area contributed by atoms with E-state index in [0.717, 1.165) is 24.5 Å². The van der Waals surface area contributed by atoms with Crippen LogP contribution in [0.4, 0.5) is 5.69 Å². The SMILES string of the molecule is CC(C)Oc1ccc(N2CC(O)C2)cc1. The summed E-state index contributed by atoms with van der Waals surface area (Å²) < 4.78 is 5.55. The molecule has 0 aliphatic carbocycles. The van der Waals surface area contributed by atoms with Crippen molar-refractivity contribution >= 4 is 5.69 Å².